The second-order valence-electron chi connectivity index (χ2n) is 4.51. The van der Waals surface area contributed by atoms with Gasteiger partial charge in [-0.05, 0) is 24.4 Å². The second kappa shape index (κ2) is 5.56. The molecular weight excluding hydrogens is 274 g/mol. The third-order valence-corrected chi connectivity index (χ3v) is 3.30. The first-order valence-corrected chi connectivity index (χ1v) is 6.80. The lowest BCUT2D eigenvalue weighted by Crippen LogP contribution is -2.36. The summed E-state index contributed by atoms with van der Waals surface area (Å²) in [4.78, 5) is 13.8. The van der Waals surface area contributed by atoms with Gasteiger partial charge < -0.3 is 20.4 Å². The Balaban J connectivity index is 1.96. The maximum atomic E-state index is 5.73. The molecule has 3 heterocycles. The van der Waals surface area contributed by atoms with Gasteiger partial charge in [0.1, 0.15) is 11.6 Å². The van der Waals surface area contributed by atoms with E-state index in [0.29, 0.717) is 10.6 Å². The highest BCUT2D eigenvalue weighted by Gasteiger charge is 2.13. The summed E-state index contributed by atoms with van der Waals surface area (Å²) in [5.74, 6) is 1.32. The van der Waals surface area contributed by atoms with Crippen molar-refractivity contribution >= 4 is 23.9 Å². The average molecular weight is 289 g/mol. The van der Waals surface area contributed by atoms with Crippen LogP contribution in [0.1, 0.15) is 0 Å². The lowest BCUT2D eigenvalue weighted by atomic mass is 10.2. The number of pyridine rings is 1. The first-order chi connectivity index (χ1) is 9.72. The molecule has 0 amide bonds. The molecule has 1 saturated heterocycles. The zero-order valence-electron chi connectivity index (χ0n) is 10.9. The van der Waals surface area contributed by atoms with Gasteiger partial charge in [0.05, 0.1) is 24.6 Å². The standard InChI is InChI=1S/C13H15N5OS/c14-11-8-10(16-13(20)17-11)9-2-1-3-12(15-9)18-4-6-19-7-5-18/h1-3,8H,4-7H2,(H3,14,16,17,20). The van der Waals surface area contributed by atoms with Crippen molar-refractivity contribution in [3.8, 4) is 11.4 Å². The van der Waals surface area contributed by atoms with Crippen molar-refractivity contribution in [2.45, 2.75) is 0 Å². The molecule has 20 heavy (non-hydrogen) atoms. The van der Waals surface area contributed by atoms with E-state index in [0.717, 1.165) is 43.5 Å². The minimum atomic E-state index is 0.360. The number of nitrogen functional groups attached to an aromatic ring is 1. The number of H-pyrrole nitrogens is 1. The molecule has 0 bridgehead atoms. The summed E-state index contributed by atoms with van der Waals surface area (Å²) < 4.78 is 5.71. The Morgan fingerprint density at radius 1 is 1.25 bits per heavy atom. The van der Waals surface area contributed by atoms with Crippen molar-refractivity contribution in [1.82, 2.24) is 15.0 Å². The molecule has 1 fully saturated rings. The summed E-state index contributed by atoms with van der Waals surface area (Å²) >= 11 is 5.04. The number of aromatic amines is 1. The van der Waals surface area contributed by atoms with Crippen LogP contribution in [0.2, 0.25) is 0 Å². The van der Waals surface area contributed by atoms with Gasteiger partial charge in [-0.25, -0.2) is 9.97 Å². The van der Waals surface area contributed by atoms with Crippen LogP contribution in [0.3, 0.4) is 0 Å². The third-order valence-electron chi connectivity index (χ3n) is 3.11. The molecule has 3 N–H and O–H groups in total. The van der Waals surface area contributed by atoms with Crippen LogP contribution in [0.15, 0.2) is 24.3 Å². The molecule has 0 saturated carbocycles. The number of ether oxygens (including phenoxy) is 1. The van der Waals surface area contributed by atoms with Crippen LogP contribution < -0.4 is 10.6 Å². The zero-order chi connectivity index (χ0) is 13.9. The van der Waals surface area contributed by atoms with Crippen molar-refractivity contribution in [1.29, 1.82) is 0 Å². The van der Waals surface area contributed by atoms with Crippen LogP contribution in [0.25, 0.3) is 11.4 Å². The number of nitrogens with two attached hydrogens (primary N) is 1. The van der Waals surface area contributed by atoms with E-state index in [4.69, 9.17) is 22.7 Å². The van der Waals surface area contributed by atoms with Gasteiger partial charge in [-0.3, -0.25) is 0 Å². The molecule has 2 aromatic heterocycles. The molecule has 6 nitrogen and oxygen atoms in total. The number of rotatable bonds is 2. The lowest BCUT2D eigenvalue weighted by molar-refractivity contribution is 0.122. The monoisotopic (exact) mass is 289 g/mol. The molecule has 1 aliphatic rings. The maximum Gasteiger partial charge on any atom is 0.199 e. The van der Waals surface area contributed by atoms with Crippen LogP contribution >= 0.6 is 12.2 Å². The summed E-state index contributed by atoms with van der Waals surface area (Å²) in [6.07, 6.45) is 0. The highest BCUT2D eigenvalue weighted by molar-refractivity contribution is 7.71. The molecule has 3 rings (SSSR count). The van der Waals surface area contributed by atoms with E-state index in [9.17, 15) is 0 Å². The molecule has 0 aromatic carbocycles. The summed E-state index contributed by atoms with van der Waals surface area (Å²) in [6.45, 7) is 3.17. The largest absolute Gasteiger partial charge is 0.384 e. The highest BCUT2D eigenvalue weighted by Crippen LogP contribution is 2.20. The van der Waals surface area contributed by atoms with Crippen molar-refractivity contribution in [3.05, 3.63) is 29.0 Å². The molecule has 0 atom stereocenters. The third kappa shape index (κ3) is 2.78. The Morgan fingerprint density at radius 3 is 2.80 bits per heavy atom. The molecule has 0 unspecified atom stereocenters. The highest BCUT2D eigenvalue weighted by atomic mass is 32.1. The average Bonchev–Trinajstić information content (AvgIpc) is 2.47. The van der Waals surface area contributed by atoms with Crippen molar-refractivity contribution < 1.29 is 4.74 Å². The van der Waals surface area contributed by atoms with Gasteiger partial charge in [0.2, 0.25) is 0 Å². The van der Waals surface area contributed by atoms with Crippen LogP contribution in [-0.4, -0.2) is 41.3 Å². The zero-order valence-corrected chi connectivity index (χ0v) is 11.7. The number of hydrogen-bond donors (Lipinski definition) is 2. The van der Waals surface area contributed by atoms with Gasteiger partial charge in [-0.15, -0.1) is 0 Å². The summed E-state index contributed by atoms with van der Waals surface area (Å²) in [7, 11) is 0. The number of nitrogens with zero attached hydrogens (tertiary/aromatic N) is 3. The van der Waals surface area contributed by atoms with Crippen LogP contribution in [0, 0.1) is 4.77 Å². The number of anilines is 2. The molecule has 1 aliphatic heterocycles. The molecule has 2 aromatic rings. The van der Waals surface area contributed by atoms with Crippen molar-refractivity contribution in [3.63, 3.8) is 0 Å². The quantitative estimate of drug-likeness (QED) is 0.818. The molecule has 7 heteroatoms. The predicted octanol–water partition coefficient (Wildman–Crippen LogP) is 1.62. The van der Waals surface area contributed by atoms with Crippen molar-refractivity contribution in [2.24, 2.45) is 0 Å². The van der Waals surface area contributed by atoms with Crippen LogP contribution in [0.4, 0.5) is 11.6 Å². The minimum Gasteiger partial charge on any atom is -0.384 e. The van der Waals surface area contributed by atoms with Gasteiger partial charge in [-0.1, -0.05) is 6.07 Å². The Hall–Kier alpha value is -1.99. The van der Waals surface area contributed by atoms with E-state index in [-0.39, 0.29) is 0 Å². The smallest absolute Gasteiger partial charge is 0.199 e. The summed E-state index contributed by atoms with van der Waals surface area (Å²) in [5, 5.41) is 0. The fourth-order valence-corrected chi connectivity index (χ4v) is 2.37. The van der Waals surface area contributed by atoms with Crippen molar-refractivity contribution in [2.75, 3.05) is 36.9 Å². The molecule has 0 spiro atoms. The fraction of sp³-hybridized carbons (Fsp3) is 0.308. The van der Waals surface area contributed by atoms with Gasteiger partial charge in [0.15, 0.2) is 4.77 Å². The summed E-state index contributed by atoms with van der Waals surface area (Å²) in [5.41, 5.74) is 7.30. The second-order valence-corrected chi connectivity index (χ2v) is 4.89. The molecular formula is C13H15N5OS. The lowest BCUT2D eigenvalue weighted by Gasteiger charge is -2.28. The van der Waals surface area contributed by atoms with E-state index in [2.05, 4.69) is 19.9 Å². The van der Waals surface area contributed by atoms with Gasteiger partial charge in [0, 0.05) is 19.2 Å². The Bertz CT molecular complexity index is 666. The van der Waals surface area contributed by atoms with E-state index in [1.807, 2.05) is 18.2 Å². The predicted molar refractivity (Wildman–Crippen MR) is 80.1 cm³/mol. The topological polar surface area (TPSA) is 80.1 Å². The van der Waals surface area contributed by atoms with E-state index >= 15 is 0 Å². The molecule has 0 radical (unpaired) electrons. The van der Waals surface area contributed by atoms with E-state index in [1.165, 1.54) is 0 Å². The van der Waals surface area contributed by atoms with Crippen LogP contribution in [0.5, 0.6) is 0 Å². The van der Waals surface area contributed by atoms with Crippen LogP contribution in [-0.2, 0) is 4.74 Å². The number of aromatic nitrogens is 3. The molecule has 0 aliphatic carbocycles. The van der Waals surface area contributed by atoms with E-state index in [1.54, 1.807) is 6.07 Å². The molecule has 104 valence electrons. The Morgan fingerprint density at radius 2 is 2.05 bits per heavy atom. The van der Waals surface area contributed by atoms with Gasteiger partial charge >= 0.3 is 0 Å². The normalized spacial score (nSPS) is 15.3. The number of nitrogens with one attached hydrogen (secondary N) is 1. The first kappa shape index (κ1) is 13.0. The minimum absolute atomic E-state index is 0.360. The van der Waals surface area contributed by atoms with Gasteiger partial charge in [-0.2, -0.15) is 0 Å². The summed E-state index contributed by atoms with van der Waals surface area (Å²) in [6, 6.07) is 7.62. The first-order valence-electron chi connectivity index (χ1n) is 6.39. The Kier molecular flexibility index (Phi) is 3.62. The maximum absolute atomic E-state index is 5.73. The fourth-order valence-electron chi connectivity index (χ4n) is 2.16. The van der Waals surface area contributed by atoms with Gasteiger partial charge in [0.25, 0.3) is 0 Å². The SMILES string of the molecule is Nc1cc(-c2cccc(N3CCOCC3)n2)[nH]c(=S)n1. The number of morpholine rings is 1. The number of hydrogen-bond acceptors (Lipinski definition) is 6. The Labute approximate surface area is 121 Å². The van der Waals surface area contributed by atoms with E-state index < -0.39 is 0 Å².